The Morgan fingerprint density at radius 2 is 2.04 bits per heavy atom. The number of aliphatic imine (C=N–C) groups is 1. The molecule has 1 atom stereocenters. The number of rotatable bonds is 6. The molecule has 1 aromatic rings. The third-order valence-electron chi connectivity index (χ3n) is 4.37. The molecule has 2 rings (SSSR count). The molecule has 6 nitrogen and oxygen atoms in total. The van der Waals surface area contributed by atoms with Crippen LogP contribution in [0.5, 0.6) is 0 Å². The molecule has 0 aromatic heterocycles. The van der Waals surface area contributed by atoms with Crippen molar-refractivity contribution in [1.82, 2.24) is 10.6 Å². The largest absolute Gasteiger partial charge is 0.370 e. The minimum absolute atomic E-state index is 0. The van der Waals surface area contributed by atoms with E-state index in [1.165, 1.54) is 6.07 Å². The Balaban J connectivity index is 0.00000338. The lowest BCUT2D eigenvalue weighted by atomic mass is 10.1. The molecule has 0 radical (unpaired) electrons. The fourth-order valence-corrected chi connectivity index (χ4v) is 4.64. The standard InChI is InChI=1S/C17H27FN4O2S.HI/c1-4-22(5-2)16-7-6-13(10-15(16)18)11-20-17(19-3)21-14-8-9-25(23,24)12-14;/h6-7,10,14H,4-5,8-9,11-12H2,1-3H3,(H2,19,20,21);1H. The molecule has 1 aliphatic heterocycles. The summed E-state index contributed by atoms with van der Waals surface area (Å²) in [5.74, 6) is 0.615. The number of sulfone groups is 1. The lowest BCUT2D eigenvalue weighted by Crippen LogP contribution is -2.43. The monoisotopic (exact) mass is 498 g/mol. The maximum absolute atomic E-state index is 14.3. The lowest BCUT2D eigenvalue weighted by Gasteiger charge is -2.22. The van der Waals surface area contributed by atoms with Gasteiger partial charge in [-0.2, -0.15) is 0 Å². The van der Waals surface area contributed by atoms with E-state index in [1.807, 2.05) is 24.8 Å². The van der Waals surface area contributed by atoms with Crippen LogP contribution in [0, 0.1) is 5.82 Å². The van der Waals surface area contributed by atoms with Gasteiger partial charge in [-0.1, -0.05) is 6.07 Å². The number of hydrogen-bond acceptors (Lipinski definition) is 4. The van der Waals surface area contributed by atoms with E-state index in [-0.39, 0.29) is 47.3 Å². The summed E-state index contributed by atoms with van der Waals surface area (Å²) >= 11 is 0. The van der Waals surface area contributed by atoms with Crippen molar-refractivity contribution in [3.05, 3.63) is 29.6 Å². The number of hydrogen-bond donors (Lipinski definition) is 2. The molecule has 1 unspecified atom stereocenters. The second-order valence-electron chi connectivity index (χ2n) is 6.13. The molecule has 0 bridgehead atoms. The zero-order chi connectivity index (χ0) is 18.4. The van der Waals surface area contributed by atoms with Gasteiger partial charge in [-0.05, 0) is 38.0 Å². The van der Waals surface area contributed by atoms with Gasteiger partial charge in [-0.15, -0.1) is 24.0 Å². The molecule has 9 heteroatoms. The van der Waals surface area contributed by atoms with Crippen molar-refractivity contribution < 1.29 is 12.8 Å². The number of guanidine groups is 1. The summed E-state index contributed by atoms with van der Waals surface area (Å²) in [7, 11) is -1.31. The summed E-state index contributed by atoms with van der Waals surface area (Å²) in [6.07, 6.45) is 0.580. The first kappa shape index (κ1) is 22.9. The first-order chi connectivity index (χ1) is 11.9. The van der Waals surface area contributed by atoms with Gasteiger partial charge in [0.25, 0.3) is 0 Å². The highest BCUT2D eigenvalue weighted by Gasteiger charge is 2.28. The topological polar surface area (TPSA) is 73.8 Å². The van der Waals surface area contributed by atoms with Crippen LogP contribution in [-0.2, 0) is 16.4 Å². The molecule has 1 aliphatic rings. The molecule has 1 aromatic carbocycles. The van der Waals surface area contributed by atoms with Crippen LogP contribution >= 0.6 is 24.0 Å². The fraction of sp³-hybridized carbons (Fsp3) is 0.588. The number of benzene rings is 1. The quantitative estimate of drug-likeness (QED) is 0.357. The SMILES string of the molecule is CCN(CC)c1ccc(CNC(=NC)NC2CCS(=O)(=O)C2)cc1F.I. The van der Waals surface area contributed by atoms with Gasteiger partial charge in [0, 0.05) is 32.7 Å². The smallest absolute Gasteiger partial charge is 0.191 e. The highest BCUT2D eigenvalue weighted by atomic mass is 127. The number of halogens is 2. The lowest BCUT2D eigenvalue weighted by molar-refractivity contribution is 0.599. The van der Waals surface area contributed by atoms with Crippen LogP contribution in [0.15, 0.2) is 23.2 Å². The summed E-state index contributed by atoms with van der Waals surface area (Å²) in [6.45, 7) is 5.92. The second-order valence-corrected chi connectivity index (χ2v) is 8.36. The highest BCUT2D eigenvalue weighted by molar-refractivity contribution is 14.0. The minimum Gasteiger partial charge on any atom is -0.370 e. The molecule has 0 spiro atoms. The molecule has 2 N–H and O–H groups in total. The Bertz CT molecular complexity index is 723. The Kier molecular flexibility index (Phi) is 9.08. The fourth-order valence-electron chi connectivity index (χ4n) is 2.96. The first-order valence-electron chi connectivity index (χ1n) is 8.59. The van der Waals surface area contributed by atoms with Gasteiger partial charge in [0.05, 0.1) is 17.2 Å². The van der Waals surface area contributed by atoms with E-state index in [1.54, 1.807) is 13.1 Å². The van der Waals surface area contributed by atoms with E-state index in [0.29, 0.717) is 24.6 Å². The maximum atomic E-state index is 14.3. The summed E-state index contributed by atoms with van der Waals surface area (Å²) < 4.78 is 37.3. The zero-order valence-electron chi connectivity index (χ0n) is 15.5. The van der Waals surface area contributed by atoms with Gasteiger partial charge in [-0.25, -0.2) is 12.8 Å². The van der Waals surface area contributed by atoms with E-state index < -0.39 is 9.84 Å². The van der Waals surface area contributed by atoms with Gasteiger partial charge in [0.2, 0.25) is 0 Å². The van der Waals surface area contributed by atoms with Gasteiger partial charge in [-0.3, -0.25) is 4.99 Å². The Hall–Kier alpha value is -1.10. The second kappa shape index (κ2) is 10.3. The number of anilines is 1. The molecule has 26 heavy (non-hydrogen) atoms. The molecule has 0 saturated carbocycles. The summed E-state index contributed by atoms with van der Waals surface area (Å²) in [5, 5.41) is 6.22. The van der Waals surface area contributed by atoms with Crippen molar-refractivity contribution in [1.29, 1.82) is 0 Å². The molecule has 0 amide bonds. The Morgan fingerprint density at radius 3 is 2.54 bits per heavy atom. The molecule has 148 valence electrons. The van der Waals surface area contributed by atoms with E-state index in [0.717, 1.165) is 18.7 Å². The third kappa shape index (κ3) is 6.26. The van der Waals surface area contributed by atoms with Crippen LogP contribution in [0.4, 0.5) is 10.1 Å². The molecular formula is C17H28FIN4O2S. The molecule has 0 aliphatic carbocycles. The van der Waals surface area contributed by atoms with Gasteiger partial charge < -0.3 is 15.5 Å². The van der Waals surface area contributed by atoms with Crippen molar-refractivity contribution in [2.75, 3.05) is 36.5 Å². The van der Waals surface area contributed by atoms with Crippen LogP contribution in [0.1, 0.15) is 25.8 Å². The van der Waals surface area contributed by atoms with Crippen molar-refractivity contribution in [3.63, 3.8) is 0 Å². The predicted octanol–water partition coefficient (Wildman–Crippen LogP) is 2.14. The summed E-state index contributed by atoms with van der Waals surface area (Å²) in [6, 6.07) is 5.07. The van der Waals surface area contributed by atoms with Crippen LogP contribution in [-0.4, -0.2) is 52.1 Å². The van der Waals surface area contributed by atoms with Crippen LogP contribution in [0.25, 0.3) is 0 Å². The van der Waals surface area contributed by atoms with Crippen LogP contribution in [0.2, 0.25) is 0 Å². The van der Waals surface area contributed by atoms with E-state index in [4.69, 9.17) is 0 Å². The summed E-state index contributed by atoms with van der Waals surface area (Å²) in [4.78, 5) is 6.07. The third-order valence-corrected chi connectivity index (χ3v) is 6.14. The van der Waals surface area contributed by atoms with Crippen LogP contribution < -0.4 is 15.5 Å². The van der Waals surface area contributed by atoms with E-state index in [2.05, 4.69) is 15.6 Å². The normalized spacial score (nSPS) is 18.9. The predicted molar refractivity (Wildman–Crippen MR) is 116 cm³/mol. The average Bonchev–Trinajstić information content (AvgIpc) is 2.92. The van der Waals surface area contributed by atoms with Gasteiger partial charge >= 0.3 is 0 Å². The van der Waals surface area contributed by atoms with Gasteiger partial charge in [0.15, 0.2) is 15.8 Å². The van der Waals surface area contributed by atoms with Crippen molar-refractivity contribution >= 4 is 45.5 Å². The minimum atomic E-state index is -2.94. The van der Waals surface area contributed by atoms with Gasteiger partial charge in [0.1, 0.15) is 5.82 Å². The molecule has 1 saturated heterocycles. The number of nitrogens with zero attached hydrogens (tertiary/aromatic N) is 2. The molecule has 1 heterocycles. The van der Waals surface area contributed by atoms with Crippen molar-refractivity contribution in [2.45, 2.75) is 32.9 Å². The van der Waals surface area contributed by atoms with Crippen molar-refractivity contribution in [2.24, 2.45) is 4.99 Å². The molecule has 1 fully saturated rings. The van der Waals surface area contributed by atoms with E-state index >= 15 is 0 Å². The summed E-state index contributed by atoms with van der Waals surface area (Å²) in [5.41, 5.74) is 1.41. The zero-order valence-corrected chi connectivity index (χ0v) is 18.6. The molecular weight excluding hydrogens is 470 g/mol. The maximum Gasteiger partial charge on any atom is 0.191 e. The van der Waals surface area contributed by atoms with E-state index in [9.17, 15) is 12.8 Å². The Labute approximate surface area is 172 Å². The highest BCUT2D eigenvalue weighted by Crippen LogP contribution is 2.20. The van der Waals surface area contributed by atoms with Crippen LogP contribution in [0.3, 0.4) is 0 Å². The average molecular weight is 498 g/mol. The Morgan fingerprint density at radius 1 is 1.35 bits per heavy atom. The number of nitrogens with one attached hydrogen (secondary N) is 2. The first-order valence-corrected chi connectivity index (χ1v) is 10.4. The van der Waals surface area contributed by atoms with Crippen molar-refractivity contribution in [3.8, 4) is 0 Å².